The number of rotatable bonds is 6. The Morgan fingerprint density at radius 3 is 2.48 bits per heavy atom. The van der Waals surface area contributed by atoms with E-state index in [1.54, 1.807) is 19.1 Å². The summed E-state index contributed by atoms with van der Waals surface area (Å²) in [4.78, 5) is 37.2. The molecule has 1 fully saturated rings. The van der Waals surface area contributed by atoms with Crippen molar-refractivity contribution in [1.29, 1.82) is 0 Å². The zero-order valence-corrected chi connectivity index (χ0v) is 12.4. The van der Waals surface area contributed by atoms with Gasteiger partial charge in [0.15, 0.2) is 5.78 Å². The standard InChI is InChI=1S/C16H20N2O3/c1-3-16(2)14(20)18(15(21)17-16)11-7-10-13(19)12-8-5-4-6-9-12/h4-6,8-9H,3,7,10-11H2,1-2H3,(H,17,21). The maximum absolute atomic E-state index is 12.2. The van der Waals surface area contributed by atoms with Gasteiger partial charge < -0.3 is 5.32 Å². The Kier molecular flexibility index (Phi) is 4.40. The molecule has 0 spiro atoms. The van der Waals surface area contributed by atoms with Crippen molar-refractivity contribution in [3.8, 4) is 0 Å². The molecule has 0 bridgehead atoms. The van der Waals surface area contributed by atoms with Crippen molar-refractivity contribution in [2.75, 3.05) is 6.54 Å². The highest BCUT2D eigenvalue weighted by molar-refractivity contribution is 6.06. The molecule has 1 aromatic rings. The van der Waals surface area contributed by atoms with Crippen LogP contribution in [0.4, 0.5) is 4.79 Å². The summed E-state index contributed by atoms with van der Waals surface area (Å²) in [7, 11) is 0. The first-order valence-corrected chi connectivity index (χ1v) is 7.20. The molecule has 1 N–H and O–H groups in total. The minimum Gasteiger partial charge on any atom is -0.323 e. The second-order valence-corrected chi connectivity index (χ2v) is 5.47. The average Bonchev–Trinajstić information content (AvgIpc) is 2.71. The van der Waals surface area contributed by atoms with E-state index in [-0.39, 0.29) is 24.3 Å². The molecule has 5 heteroatoms. The Labute approximate surface area is 124 Å². The number of hydrogen-bond acceptors (Lipinski definition) is 3. The number of carbonyl (C=O) groups is 3. The van der Waals surface area contributed by atoms with E-state index in [9.17, 15) is 14.4 Å². The normalized spacial score (nSPS) is 21.5. The van der Waals surface area contributed by atoms with Crippen LogP contribution in [0.5, 0.6) is 0 Å². The molecule has 0 aliphatic carbocycles. The molecule has 3 amide bonds. The molecular weight excluding hydrogens is 268 g/mol. The van der Waals surface area contributed by atoms with Crippen molar-refractivity contribution in [3.05, 3.63) is 35.9 Å². The fourth-order valence-corrected chi connectivity index (χ4v) is 2.36. The Bertz CT molecular complexity index is 556. The number of Topliss-reactive ketones (excluding diaryl/α,β-unsaturated/α-hetero) is 1. The largest absolute Gasteiger partial charge is 0.325 e. The van der Waals surface area contributed by atoms with Gasteiger partial charge in [-0.25, -0.2) is 4.79 Å². The number of nitrogens with one attached hydrogen (secondary N) is 1. The number of urea groups is 1. The van der Waals surface area contributed by atoms with Crippen LogP contribution in [0, 0.1) is 0 Å². The summed E-state index contributed by atoms with van der Waals surface area (Å²) in [5.74, 6) is -0.178. The molecule has 1 heterocycles. The third-order valence-corrected chi connectivity index (χ3v) is 3.93. The predicted molar refractivity (Wildman–Crippen MR) is 78.9 cm³/mol. The highest BCUT2D eigenvalue weighted by Crippen LogP contribution is 2.21. The van der Waals surface area contributed by atoms with E-state index in [0.717, 1.165) is 0 Å². The van der Waals surface area contributed by atoms with Crippen molar-refractivity contribution in [2.24, 2.45) is 0 Å². The number of ketones is 1. The molecular formula is C16H20N2O3. The van der Waals surface area contributed by atoms with Gasteiger partial charge in [-0.2, -0.15) is 0 Å². The number of benzene rings is 1. The molecule has 1 aromatic carbocycles. The summed E-state index contributed by atoms with van der Waals surface area (Å²) in [5, 5.41) is 2.70. The van der Waals surface area contributed by atoms with Gasteiger partial charge in [0.05, 0.1) is 0 Å². The van der Waals surface area contributed by atoms with Crippen molar-refractivity contribution in [1.82, 2.24) is 10.2 Å². The molecule has 1 saturated heterocycles. The first kappa shape index (κ1) is 15.2. The van der Waals surface area contributed by atoms with Crippen LogP contribution < -0.4 is 5.32 Å². The quantitative estimate of drug-likeness (QED) is 0.645. The van der Waals surface area contributed by atoms with Crippen LogP contribution in [0.2, 0.25) is 0 Å². The van der Waals surface area contributed by atoms with Crippen molar-refractivity contribution < 1.29 is 14.4 Å². The second kappa shape index (κ2) is 6.08. The van der Waals surface area contributed by atoms with E-state index < -0.39 is 5.54 Å². The van der Waals surface area contributed by atoms with Gasteiger partial charge in [0, 0.05) is 18.5 Å². The highest BCUT2D eigenvalue weighted by Gasteiger charge is 2.45. The van der Waals surface area contributed by atoms with Gasteiger partial charge >= 0.3 is 6.03 Å². The molecule has 112 valence electrons. The zero-order chi connectivity index (χ0) is 15.5. The lowest BCUT2D eigenvalue weighted by molar-refractivity contribution is -0.130. The van der Waals surface area contributed by atoms with Crippen LogP contribution in [0.3, 0.4) is 0 Å². The molecule has 0 radical (unpaired) electrons. The Morgan fingerprint density at radius 2 is 1.90 bits per heavy atom. The van der Waals surface area contributed by atoms with Crippen LogP contribution >= 0.6 is 0 Å². The third-order valence-electron chi connectivity index (χ3n) is 3.93. The summed E-state index contributed by atoms with van der Waals surface area (Å²) < 4.78 is 0. The van der Waals surface area contributed by atoms with Crippen LogP contribution in [0.1, 0.15) is 43.5 Å². The first-order chi connectivity index (χ1) is 9.98. The van der Waals surface area contributed by atoms with Gasteiger partial charge in [0.2, 0.25) is 0 Å². The van der Waals surface area contributed by atoms with E-state index >= 15 is 0 Å². The van der Waals surface area contributed by atoms with Gasteiger partial charge in [-0.05, 0) is 19.8 Å². The summed E-state index contributed by atoms with van der Waals surface area (Å²) in [5.41, 5.74) is -0.145. The van der Waals surface area contributed by atoms with Gasteiger partial charge in [0.1, 0.15) is 5.54 Å². The van der Waals surface area contributed by atoms with E-state index in [2.05, 4.69) is 5.32 Å². The molecule has 5 nitrogen and oxygen atoms in total. The Morgan fingerprint density at radius 1 is 1.24 bits per heavy atom. The van der Waals surface area contributed by atoms with Gasteiger partial charge in [-0.3, -0.25) is 14.5 Å². The maximum Gasteiger partial charge on any atom is 0.325 e. The summed E-state index contributed by atoms with van der Waals surface area (Å²) in [6, 6.07) is 8.66. The van der Waals surface area contributed by atoms with Crippen LogP contribution in [-0.4, -0.2) is 34.7 Å². The Hall–Kier alpha value is -2.17. The fraction of sp³-hybridized carbons (Fsp3) is 0.438. The predicted octanol–water partition coefficient (Wildman–Crippen LogP) is 2.37. The Balaban J connectivity index is 1.88. The lowest BCUT2D eigenvalue weighted by atomic mass is 9.99. The number of imide groups is 1. The summed E-state index contributed by atoms with van der Waals surface area (Å²) >= 11 is 0. The van der Waals surface area contributed by atoms with E-state index in [1.807, 2.05) is 25.1 Å². The SMILES string of the molecule is CCC1(C)NC(=O)N(CCCC(=O)c2ccccc2)C1=O. The molecule has 1 atom stereocenters. The zero-order valence-electron chi connectivity index (χ0n) is 12.4. The van der Waals surface area contributed by atoms with E-state index in [4.69, 9.17) is 0 Å². The minimum absolute atomic E-state index is 0.0286. The molecule has 0 saturated carbocycles. The lowest BCUT2D eigenvalue weighted by Crippen LogP contribution is -2.43. The van der Waals surface area contributed by atoms with Crippen molar-refractivity contribution >= 4 is 17.7 Å². The topological polar surface area (TPSA) is 66.5 Å². The average molecular weight is 288 g/mol. The second-order valence-electron chi connectivity index (χ2n) is 5.47. The molecule has 21 heavy (non-hydrogen) atoms. The van der Waals surface area contributed by atoms with Crippen LogP contribution in [-0.2, 0) is 4.79 Å². The fourth-order valence-electron chi connectivity index (χ4n) is 2.36. The number of carbonyl (C=O) groups excluding carboxylic acids is 3. The maximum atomic E-state index is 12.2. The first-order valence-electron chi connectivity index (χ1n) is 7.20. The van der Waals surface area contributed by atoms with Crippen LogP contribution in [0.25, 0.3) is 0 Å². The monoisotopic (exact) mass is 288 g/mol. The van der Waals surface area contributed by atoms with Crippen molar-refractivity contribution in [2.45, 2.75) is 38.6 Å². The van der Waals surface area contributed by atoms with Gasteiger partial charge in [0.25, 0.3) is 5.91 Å². The molecule has 1 aliphatic rings. The van der Waals surface area contributed by atoms with Gasteiger partial charge in [-0.15, -0.1) is 0 Å². The smallest absolute Gasteiger partial charge is 0.323 e. The van der Waals surface area contributed by atoms with E-state index in [1.165, 1.54) is 4.90 Å². The summed E-state index contributed by atoms with van der Waals surface area (Å²) in [6.07, 6.45) is 1.35. The minimum atomic E-state index is -0.805. The lowest BCUT2D eigenvalue weighted by Gasteiger charge is -2.19. The third kappa shape index (κ3) is 3.12. The number of nitrogens with zero attached hydrogens (tertiary/aromatic N) is 1. The molecule has 1 aliphatic heterocycles. The molecule has 2 rings (SSSR count). The van der Waals surface area contributed by atoms with Crippen LogP contribution in [0.15, 0.2) is 30.3 Å². The number of hydrogen-bond donors (Lipinski definition) is 1. The van der Waals surface area contributed by atoms with Gasteiger partial charge in [-0.1, -0.05) is 37.3 Å². The summed E-state index contributed by atoms with van der Waals surface area (Å²) in [6.45, 7) is 3.86. The highest BCUT2D eigenvalue weighted by atomic mass is 16.2. The van der Waals surface area contributed by atoms with E-state index in [0.29, 0.717) is 24.8 Å². The molecule has 0 aromatic heterocycles. The number of amides is 3. The molecule has 1 unspecified atom stereocenters. The van der Waals surface area contributed by atoms with Crippen molar-refractivity contribution in [3.63, 3.8) is 0 Å².